The molecule has 2 N–H and O–H groups in total. The van der Waals surface area contributed by atoms with Crippen LogP contribution in [0.4, 0.5) is 0 Å². The molecule has 114 valence electrons. The van der Waals surface area contributed by atoms with Crippen LogP contribution in [0, 0.1) is 11.8 Å². The van der Waals surface area contributed by atoms with Gasteiger partial charge in [0, 0.05) is 18.9 Å². The van der Waals surface area contributed by atoms with E-state index in [4.69, 9.17) is 5.11 Å². The largest absolute Gasteiger partial charge is 0.481 e. The van der Waals surface area contributed by atoms with Gasteiger partial charge in [-0.3, -0.25) is 9.59 Å². The van der Waals surface area contributed by atoms with Crippen LogP contribution in [0.2, 0.25) is 0 Å². The van der Waals surface area contributed by atoms with Crippen LogP contribution in [-0.2, 0) is 22.4 Å². The van der Waals surface area contributed by atoms with Gasteiger partial charge in [0.05, 0.1) is 0 Å². The van der Waals surface area contributed by atoms with Gasteiger partial charge >= 0.3 is 5.97 Å². The lowest BCUT2D eigenvalue weighted by molar-refractivity contribution is -0.137. The zero-order valence-electron chi connectivity index (χ0n) is 12.5. The molecular formula is C17H23NO3. The summed E-state index contributed by atoms with van der Waals surface area (Å²) in [6.45, 7) is 2.53. The quantitative estimate of drug-likeness (QED) is 0.845. The Bertz CT molecular complexity index is 513. The molecule has 1 aromatic rings. The molecular weight excluding hydrogens is 266 g/mol. The van der Waals surface area contributed by atoms with Gasteiger partial charge in [-0.05, 0) is 42.7 Å². The van der Waals surface area contributed by atoms with Gasteiger partial charge in [-0.1, -0.05) is 31.2 Å². The molecule has 0 bridgehead atoms. The van der Waals surface area contributed by atoms with Gasteiger partial charge in [-0.15, -0.1) is 0 Å². The standard InChI is InChI=1S/C17H23NO3/c1-12(6-9-16(19)20)11-18-17(21)15-8-7-13-4-2-3-5-14(13)10-15/h2-5,12,15H,6-11H2,1H3,(H,18,21)(H,19,20). The molecule has 0 radical (unpaired) electrons. The lowest BCUT2D eigenvalue weighted by atomic mass is 9.83. The number of nitrogens with one attached hydrogen (secondary N) is 1. The summed E-state index contributed by atoms with van der Waals surface area (Å²) in [5.41, 5.74) is 2.64. The van der Waals surface area contributed by atoms with E-state index in [2.05, 4.69) is 17.4 Å². The summed E-state index contributed by atoms with van der Waals surface area (Å²) in [4.78, 5) is 22.7. The maximum Gasteiger partial charge on any atom is 0.303 e. The number of rotatable bonds is 6. The van der Waals surface area contributed by atoms with E-state index in [0.717, 1.165) is 19.3 Å². The molecule has 0 aromatic heterocycles. The first-order chi connectivity index (χ1) is 10.1. The Kier molecular flexibility index (Phi) is 5.37. The lowest BCUT2D eigenvalue weighted by Crippen LogP contribution is -2.36. The fraction of sp³-hybridized carbons (Fsp3) is 0.529. The summed E-state index contributed by atoms with van der Waals surface area (Å²) in [5, 5.41) is 11.6. The number of carbonyl (C=O) groups excluding carboxylic acids is 1. The Morgan fingerprint density at radius 3 is 2.76 bits per heavy atom. The molecule has 1 amide bonds. The van der Waals surface area contributed by atoms with Crippen LogP contribution < -0.4 is 5.32 Å². The van der Waals surface area contributed by atoms with Crippen LogP contribution in [0.3, 0.4) is 0 Å². The van der Waals surface area contributed by atoms with E-state index >= 15 is 0 Å². The first-order valence-electron chi connectivity index (χ1n) is 7.62. The highest BCUT2D eigenvalue weighted by molar-refractivity contribution is 5.79. The molecule has 21 heavy (non-hydrogen) atoms. The first kappa shape index (κ1) is 15.5. The molecule has 0 saturated heterocycles. The zero-order valence-corrected chi connectivity index (χ0v) is 12.5. The highest BCUT2D eigenvalue weighted by Crippen LogP contribution is 2.25. The molecule has 0 fully saturated rings. The summed E-state index contributed by atoms with van der Waals surface area (Å²) in [7, 11) is 0. The van der Waals surface area contributed by atoms with Gasteiger partial charge in [-0.2, -0.15) is 0 Å². The van der Waals surface area contributed by atoms with Gasteiger partial charge in [0.1, 0.15) is 0 Å². The topological polar surface area (TPSA) is 66.4 Å². The van der Waals surface area contributed by atoms with Crippen molar-refractivity contribution in [3.05, 3.63) is 35.4 Å². The minimum Gasteiger partial charge on any atom is -0.481 e. The van der Waals surface area contributed by atoms with E-state index in [9.17, 15) is 9.59 Å². The minimum absolute atomic E-state index is 0.0478. The zero-order chi connectivity index (χ0) is 15.2. The Balaban J connectivity index is 1.78. The number of carboxylic acid groups (broad SMARTS) is 1. The second-order valence-corrected chi connectivity index (χ2v) is 5.99. The smallest absolute Gasteiger partial charge is 0.303 e. The molecule has 0 heterocycles. The molecule has 1 aliphatic carbocycles. The number of benzene rings is 1. The van der Waals surface area contributed by atoms with Crippen molar-refractivity contribution in [3.63, 3.8) is 0 Å². The van der Waals surface area contributed by atoms with Crippen LogP contribution >= 0.6 is 0 Å². The Morgan fingerprint density at radius 2 is 2.05 bits per heavy atom. The molecule has 2 rings (SSSR count). The van der Waals surface area contributed by atoms with Crippen LogP contribution in [0.25, 0.3) is 0 Å². The second-order valence-electron chi connectivity index (χ2n) is 5.99. The molecule has 1 aliphatic rings. The maximum absolute atomic E-state index is 12.2. The van der Waals surface area contributed by atoms with Gasteiger partial charge < -0.3 is 10.4 Å². The maximum atomic E-state index is 12.2. The highest BCUT2D eigenvalue weighted by atomic mass is 16.4. The molecule has 4 nitrogen and oxygen atoms in total. The van der Waals surface area contributed by atoms with Crippen molar-refractivity contribution in [3.8, 4) is 0 Å². The Morgan fingerprint density at radius 1 is 1.33 bits per heavy atom. The number of hydrogen-bond acceptors (Lipinski definition) is 2. The third-order valence-electron chi connectivity index (χ3n) is 4.19. The number of fused-ring (bicyclic) bond motifs is 1. The van der Waals surface area contributed by atoms with Crippen LogP contribution in [0.1, 0.15) is 37.3 Å². The fourth-order valence-corrected chi connectivity index (χ4v) is 2.81. The van der Waals surface area contributed by atoms with E-state index in [-0.39, 0.29) is 24.2 Å². The van der Waals surface area contributed by atoms with Crippen LogP contribution in [0.5, 0.6) is 0 Å². The van der Waals surface area contributed by atoms with E-state index in [1.807, 2.05) is 19.1 Å². The Labute approximate surface area is 125 Å². The molecule has 1 aromatic carbocycles. The number of amides is 1. The first-order valence-corrected chi connectivity index (χ1v) is 7.62. The van der Waals surface area contributed by atoms with Crippen LogP contribution in [-0.4, -0.2) is 23.5 Å². The second kappa shape index (κ2) is 7.25. The third kappa shape index (κ3) is 4.59. The number of hydrogen-bond donors (Lipinski definition) is 2. The van der Waals surface area contributed by atoms with Gasteiger partial charge in [0.2, 0.25) is 5.91 Å². The number of carbonyl (C=O) groups is 2. The monoisotopic (exact) mass is 289 g/mol. The van der Waals surface area contributed by atoms with E-state index in [1.54, 1.807) is 0 Å². The van der Waals surface area contributed by atoms with E-state index < -0.39 is 5.97 Å². The number of aryl methyl sites for hydroxylation is 1. The van der Waals surface area contributed by atoms with Crippen molar-refractivity contribution in [1.29, 1.82) is 0 Å². The number of aliphatic carboxylic acids is 1. The minimum atomic E-state index is -0.780. The lowest BCUT2D eigenvalue weighted by Gasteiger charge is -2.24. The summed E-state index contributed by atoms with van der Waals surface area (Å²) in [6.07, 6.45) is 3.43. The Hall–Kier alpha value is -1.84. The van der Waals surface area contributed by atoms with Crippen molar-refractivity contribution in [2.45, 2.75) is 39.0 Å². The van der Waals surface area contributed by atoms with Crippen molar-refractivity contribution < 1.29 is 14.7 Å². The molecule has 4 heteroatoms. The number of carboxylic acids is 1. The molecule has 2 unspecified atom stereocenters. The summed E-state index contributed by atoms with van der Waals surface area (Å²) in [5.74, 6) is -0.434. The highest BCUT2D eigenvalue weighted by Gasteiger charge is 2.24. The summed E-state index contributed by atoms with van der Waals surface area (Å²) >= 11 is 0. The average Bonchev–Trinajstić information content (AvgIpc) is 2.50. The van der Waals surface area contributed by atoms with Gasteiger partial charge in [-0.25, -0.2) is 0 Å². The summed E-state index contributed by atoms with van der Waals surface area (Å²) in [6, 6.07) is 8.30. The van der Waals surface area contributed by atoms with E-state index in [1.165, 1.54) is 11.1 Å². The molecule has 2 atom stereocenters. The molecule has 0 spiro atoms. The van der Waals surface area contributed by atoms with Gasteiger partial charge in [0.15, 0.2) is 0 Å². The predicted octanol–water partition coefficient (Wildman–Crippen LogP) is 2.41. The molecule has 0 saturated carbocycles. The SMILES string of the molecule is CC(CCC(=O)O)CNC(=O)C1CCc2ccccc2C1. The van der Waals surface area contributed by atoms with Crippen molar-refractivity contribution in [1.82, 2.24) is 5.32 Å². The van der Waals surface area contributed by atoms with Crippen molar-refractivity contribution in [2.24, 2.45) is 11.8 Å². The molecule has 0 aliphatic heterocycles. The summed E-state index contributed by atoms with van der Waals surface area (Å²) < 4.78 is 0. The predicted molar refractivity (Wildman–Crippen MR) is 81.0 cm³/mol. The average molecular weight is 289 g/mol. The van der Waals surface area contributed by atoms with E-state index in [0.29, 0.717) is 13.0 Å². The normalized spacial score (nSPS) is 18.6. The fourth-order valence-electron chi connectivity index (χ4n) is 2.81. The van der Waals surface area contributed by atoms with Gasteiger partial charge in [0.25, 0.3) is 0 Å². The van der Waals surface area contributed by atoms with Crippen molar-refractivity contribution >= 4 is 11.9 Å². The third-order valence-corrected chi connectivity index (χ3v) is 4.19. The van der Waals surface area contributed by atoms with Crippen LogP contribution in [0.15, 0.2) is 24.3 Å². The van der Waals surface area contributed by atoms with Crippen molar-refractivity contribution in [2.75, 3.05) is 6.54 Å².